The van der Waals surface area contributed by atoms with Crippen LogP contribution < -0.4 is 5.32 Å². The molecule has 0 aromatic rings. The van der Waals surface area contributed by atoms with E-state index in [2.05, 4.69) is 5.32 Å². The van der Waals surface area contributed by atoms with Crippen molar-refractivity contribution in [2.75, 3.05) is 19.3 Å². The summed E-state index contributed by atoms with van der Waals surface area (Å²) < 4.78 is 23.2. The van der Waals surface area contributed by atoms with Crippen LogP contribution >= 0.6 is 0 Å². The summed E-state index contributed by atoms with van der Waals surface area (Å²) in [5, 5.41) is 2.52. The Kier molecular flexibility index (Phi) is 4.50. The molecule has 0 aromatic carbocycles. The molecular formula is C13H24N2O3S. The third-order valence-corrected chi connectivity index (χ3v) is 5.87. The van der Waals surface area contributed by atoms with Crippen molar-refractivity contribution in [1.82, 2.24) is 10.2 Å². The molecule has 110 valence electrons. The minimum atomic E-state index is -3.31. The molecule has 19 heavy (non-hydrogen) atoms. The largest absolute Gasteiger partial charge is 0.337 e. The topological polar surface area (TPSA) is 66.5 Å². The van der Waals surface area contributed by atoms with Gasteiger partial charge in [-0.3, -0.25) is 4.79 Å². The number of piperidine rings is 1. The summed E-state index contributed by atoms with van der Waals surface area (Å²) in [6.45, 7) is 3.21. The lowest BCUT2D eigenvalue weighted by Gasteiger charge is -2.40. The fourth-order valence-corrected chi connectivity index (χ4v) is 3.61. The van der Waals surface area contributed by atoms with Crippen molar-refractivity contribution in [2.24, 2.45) is 0 Å². The average Bonchev–Trinajstić information content (AvgIpc) is 2.89. The molecule has 2 fully saturated rings. The molecule has 1 amide bonds. The van der Waals surface area contributed by atoms with Gasteiger partial charge in [0.25, 0.3) is 0 Å². The normalized spacial score (nSPS) is 30.3. The number of sulfone groups is 1. The van der Waals surface area contributed by atoms with Crippen LogP contribution in [0.3, 0.4) is 0 Å². The van der Waals surface area contributed by atoms with Crippen molar-refractivity contribution in [3.63, 3.8) is 0 Å². The van der Waals surface area contributed by atoms with Crippen LogP contribution in [-0.4, -0.2) is 55.9 Å². The zero-order chi connectivity index (χ0) is 14.0. The Morgan fingerprint density at radius 1 is 1.26 bits per heavy atom. The van der Waals surface area contributed by atoms with E-state index < -0.39 is 15.1 Å². The van der Waals surface area contributed by atoms with E-state index in [0.29, 0.717) is 12.6 Å². The number of nitrogens with one attached hydrogen (secondary N) is 1. The minimum Gasteiger partial charge on any atom is -0.337 e. The van der Waals surface area contributed by atoms with Crippen LogP contribution in [0, 0.1) is 0 Å². The fraction of sp³-hybridized carbons (Fsp3) is 0.923. The lowest BCUT2D eigenvalue weighted by atomic mass is 9.94. The van der Waals surface area contributed by atoms with Crippen molar-refractivity contribution in [1.29, 1.82) is 0 Å². The predicted molar refractivity (Wildman–Crippen MR) is 74.7 cm³/mol. The smallest absolute Gasteiger partial charge is 0.240 e. The summed E-state index contributed by atoms with van der Waals surface area (Å²) in [6, 6.07) is 0.518. The molecule has 0 saturated carbocycles. The van der Waals surface area contributed by atoms with E-state index in [1.165, 1.54) is 6.92 Å². The fourth-order valence-electron chi connectivity index (χ4n) is 3.11. The van der Waals surface area contributed by atoms with Crippen molar-refractivity contribution in [2.45, 2.75) is 56.4 Å². The number of rotatable bonds is 3. The molecule has 0 bridgehead atoms. The molecule has 3 unspecified atom stereocenters. The van der Waals surface area contributed by atoms with Gasteiger partial charge in [-0.2, -0.15) is 0 Å². The van der Waals surface area contributed by atoms with E-state index >= 15 is 0 Å². The summed E-state index contributed by atoms with van der Waals surface area (Å²) in [5.41, 5.74) is 0. The van der Waals surface area contributed by atoms with Crippen LogP contribution in [0.5, 0.6) is 0 Å². The number of likely N-dealkylation sites (tertiary alicyclic amines) is 1. The molecule has 6 heteroatoms. The first-order valence-electron chi connectivity index (χ1n) is 7.14. The molecule has 2 rings (SSSR count). The molecule has 3 atom stereocenters. The van der Waals surface area contributed by atoms with Crippen molar-refractivity contribution >= 4 is 15.7 Å². The van der Waals surface area contributed by atoms with Crippen molar-refractivity contribution in [3.05, 3.63) is 0 Å². The Hall–Kier alpha value is -0.620. The number of carbonyl (C=O) groups excluding carboxylic acids is 1. The van der Waals surface area contributed by atoms with E-state index in [-0.39, 0.29) is 11.9 Å². The second kappa shape index (κ2) is 5.79. The van der Waals surface area contributed by atoms with Gasteiger partial charge < -0.3 is 10.2 Å². The molecule has 0 radical (unpaired) electrons. The van der Waals surface area contributed by atoms with Gasteiger partial charge in [0.1, 0.15) is 5.25 Å². The first-order valence-corrected chi connectivity index (χ1v) is 9.09. The van der Waals surface area contributed by atoms with Crippen LogP contribution in [-0.2, 0) is 14.6 Å². The standard InChI is InChI=1S/C13H24N2O3S/c1-10(19(2,17)18)13(16)15-9-4-3-7-12(15)11-6-5-8-14-11/h10-12,14H,3-9H2,1-2H3. The highest BCUT2D eigenvalue weighted by molar-refractivity contribution is 7.92. The summed E-state index contributed by atoms with van der Waals surface area (Å²) >= 11 is 0. The number of nitrogens with zero attached hydrogens (tertiary/aromatic N) is 1. The molecule has 2 aliphatic heterocycles. The van der Waals surface area contributed by atoms with Crippen LogP contribution in [0.1, 0.15) is 39.0 Å². The maximum absolute atomic E-state index is 12.4. The first-order chi connectivity index (χ1) is 8.91. The quantitative estimate of drug-likeness (QED) is 0.824. The van der Waals surface area contributed by atoms with Gasteiger partial charge in [-0.1, -0.05) is 0 Å². The van der Waals surface area contributed by atoms with E-state index in [4.69, 9.17) is 0 Å². The summed E-state index contributed by atoms with van der Waals surface area (Å²) in [4.78, 5) is 14.2. The zero-order valence-electron chi connectivity index (χ0n) is 11.8. The van der Waals surface area contributed by atoms with Crippen LogP contribution in [0.25, 0.3) is 0 Å². The summed E-state index contributed by atoms with van der Waals surface area (Å²) in [5.74, 6) is -0.221. The van der Waals surface area contributed by atoms with Crippen LogP contribution in [0.4, 0.5) is 0 Å². The van der Waals surface area contributed by atoms with E-state index in [9.17, 15) is 13.2 Å². The predicted octanol–water partition coefficient (Wildman–Crippen LogP) is 0.553. The average molecular weight is 288 g/mol. The van der Waals surface area contributed by atoms with Crippen molar-refractivity contribution < 1.29 is 13.2 Å². The Morgan fingerprint density at radius 3 is 2.58 bits per heavy atom. The SMILES string of the molecule is CC(C(=O)N1CCCCC1C1CCCN1)S(C)(=O)=O. The summed E-state index contributed by atoms with van der Waals surface area (Å²) in [6.07, 6.45) is 6.46. The second-order valence-electron chi connectivity index (χ2n) is 5.77. The highest BCUT2D eigenvalue weighted by Crippen LogP contribution is 2.25. The molecule has 0 spiro atoms. The van der Waals surface area contributed by atoms with Gasteiger partial charge in [0.05, 0.1) is 0 Å². The zero-order valence-corrected chi connectivity index (χ0v) is 12.6. The number of hydrogen-bond donors (Lipinski definition) is 1. The lowest BCUT2D eigenvalue weighted by Crippen LogP contribution is -2.55. The number of amides is 1. The molecule has 0 aromatic heterocycles. The van der Waals surface area contributed by atoms with Gasteiger partial charge in [-0.15, -0.1) is 0 Å². The Bertz CT molecular complexity index is 429. The first kappa shape index (κ1) is 14.8. The van der Waals surface area contributed by atoms with Crippen molar-refractivity contribution in [3.8, 4) is 0 Å². The Morgan fingerprint density at radius 2 is 2.00 bits per heavy atom. The van der Waals surface area contributed by atoms with Gasteiger partial charge in [-0.05, 0) is 45.6 Å². The highest BCUT2D eigenvalue weighted by Gasteiger charge is 2.37. The molecule has 2 saturated heterocycles. The van der Waals surface area contributed by atoms with E-state index in [0.717, 1.165) is 44.9 Å². The van der Waals surface area contributed by atoms with Gasteiger partial charge in [0, 0.05) is 24.9 Å². The molecule has 2 aliphatic rings. The molecule has 2 heterocycles. The maximum Gasteiger partial charge on any atom is 0.240 e. The van der Waals surface area contributed by atoms with E-state index in [1.54, 1.807) is 0 Å². The van der Waals surface area contributed by atoms with Gasteiger partial charge in [0.15, 0.2) is 9.84 Å². The van der Waals surface area contributed by atoms with Gasteiger partial charge in [0.2, 0.25) is 5.91 Å². The monoisotopic (exact) mass is 288 g/mol. The lowest BCUT2D eigenvalue weighted by molar-refractivity contribution is -0.134. The Balaban J connectivity index is 2.12. The van der Waals surface area contributed by atoms with Crippen LogP contribution in [0.15, 0.2) is 0 Å². The molecule has 0 aliphatic carbocycles. The van der Waals surface area contributed by atoms with Crippen LogP contribution in [0.2, 0.25) is 0 Å². The highest BCUT2D eigenvalue weighted by atomic mass is 32.2. The molecule has 5 nitrogen and oxygen atoms in total. The maximum atomic E-state index is 12.4. The Labute approximate surface area is 115 Å². The van der Waals surface area contributed by atoms with Gasteiger partial charge >= 0.3 is 0 Å². The third kappa shape index (κ3) is 3.28. The second-order valence-corrected chi connectivity index (χ2v) is 8.14. The number of carbonyl (C=O) groups is 1. The molecular weight excluding hydrogens is 264 g/mol. The van der Waals surface area contributed by atoms with E-state index in [1.807, 2.05) is 4.90 Å². The minimum absolute atomic E-state index is 0.174. The van der Waals surface area contributed by atoms with Gasteiger partial charge in [-0.25, -0.2) is 8.42 Å². The summed E-state index contributed by atoms with van der Waals surface area (Å²) in [7, 11) is -3.31. The molecule has 1 N–H and O–H groups in total. The third-order valence-electron chi connectivity index (χ3n) is 4.39. The number of hydrogen-bond acceptors (Lipinski definition) is 4.